The minimum Gasteiger partial charge on any atom is -0.478 e. The number of sulfonamides is 1. The normalized spacial score (nSPS) is 11.6. The van der Waals surface area contributed by atoms with E-state index in [1.54, 1.807) is 6.08 Å². The Hall–Kier alpha value is -0.930. The third kappa shape index (κ3) is 4.03. The van der Waals surface area contributed by atoms with Gasteiger partial charge in [0.05, 0.1) is 10.5 Å². The molecule has 20 heavy (non-hydrogen) atoms. The second-order valence-corrected chi connectivity index (χ2v) is 7.41. The molecule has 0 aliphatic heterocycles. The lowest BCUT2D eigenvalue weighted by Crippen LogP contribution is -2.28. The zero-order chi connectivity index (χ0) is 15.3. The third-order valence-corrected chi connectivity index (χ3v) is 5.55. The zero-order valence-electron chi connectivity index (χ0n) is 11.0. The number of carboxylic acid groups (broad SMARTS) is 1. The topological polar surface area (TPSA) is 74.7 Å². The van der Waals surface area contributed by atoms with Gasteiger partial charge in [0.25, 0.3) is 0 Å². The summed E-state index contributed by atoms with van der Waals surface area (Å²) in [5.74, 6) is -1.14. The van der Waals surface area contributed by atoms with E-state index in [0.717, 1.165) is 6.42 Å². The van der Waals surface area contributed by atoms with Crippen LogP contribution in [0.4, 0.5) is 0 Å². The molecule has 0 heterocycles. The Labute approximate surface area is 132 Å². The second kappa shape index (κ2) is 7.19. The van der Waals surface area contributed by atoms with Crippen LogP contribution in [0, 0.1) is 3.57 Å². The zero-order valence-corrected chi connectivity index (χ0v) is 14.0. The van der Waals surface area contributed by atoms with E-state index in [9.17, 15) is 13.2 Å². The van der Waals surface area contributed by atoms with E-state index < -0.39 is 16.0 Å². The summed E-state index contributed by atoms with van der Waals surface area (Å²) in [7, 11) is -2.18. The molecule has 0 atom stereocenters. The lowest BCUT2D eigenvalue weighted by molar-refractivity contribution is 0.0695. The molecule has 1 aromatic rings. The molecule has 7 heteroatoms. The smallest absolute Gasteiger partial charge is 0.336 e. The molecular formula is C13H16INO4S. The molecule has 0 bridgehead atoms. The molecule has 0 amide bonds. The Morgan fingerprint density at radius 2 is 2.15 bits per heavy atom. The molecule has 1 N–H and O–H groups in total. The molecule has 0 spiro atoms. The molecule has 0 aromatic heterocycles. The maximum absolute atomic E-state index is 12.3. The van der Waals surface area contributed by atoms with Crippen molar-refractivity contribution in [1.29, 1.82) is 0 Å². The number of aromatic carboxylic acids is 1. The average Bonchev–Trinajstić information content (AvgIpc) is 2.38. The SMILES string of the molecule is C=CCCCN(C)S(=O)(=O)c1ccc(I)c(C(=O)O)c1. The van der Waals surface area contributed by atoms with Crippen molar-refractivity contribution in [3.8, 4) is 0 Å². The van der Waals surface area contributed by atoms with Gasteiger partial charge in [0, 0.05) is 17.2 Å². The first kappa shape index (κ1) is 17.1. The fourth-order valence-corrected chi connectivity index (χ4v) is 3.39. The number of carbonyl (C=O) groups is 1. The highest BCUT2D eigenvalue weighted by molar-refractivity contribution is 14.1. The predicted molar refractivity (Wildman–Crippen MR) is 85.4 cm³/mol. The molecule has 0 radical (unpaired) electrons. The minimum atomic E-state index is -3.66. The Morgan fingerprint density at radius 3 is 2.70 bits per heavy atom. The lowest BCUT2D eigenvalue weighted by atomic mass is 10.2. The first-order valence-electron chi connectivity index (χ1n) is 5.90. The van der Waals surface area contributed by atoms with Crippen LogP contribution in [-0.4, -0.2) is 37.4 Å². The van der Waals surface area contributed by atoms with Crippen LogP contribution in [0.25, 0.3) is 0 Å². The number of hydrogen-bond acceptors (Lipinski definition) is 3. The summed E-state index contributed by atoms with van der Waals surface area (Å²) in [4.78, 5) is 11.1. The van der Waals surface area contributed by atoms with Crippen LogP contribution in [0.3, 0.4) is 0 Å². The standard InChI is InChI=1S/C13H16INO4S/c1-3-4-5-8-15(2)20(18,19)10-6-7-12(14)11(9-10)13(16)17/h3,6-7,9H,1,4-5,8H2,2H3,(H,16,17). The highest BCUT2D eigenvalue weighted by atomic mass is 127. The van der Waals surface area contributed by atoms with Gasteiger partial charge in [0.1, 0.15) is 0 Å². The summed E-state index contributed by atoms with van der Waals surface area (Å²) in [5.41, 5.74) is -0.00818. The number of rotatable bonds is 7. The van der Waals surface area contributed by atoms with E-state index in [1.165, 1.54) is 29.6 Å². The molecule has 0 saturated carbocycles. The molecule has 1 rings (SSSR count). The van der Waals surface area contributed by atoms with Gasteiger partial charge in [0.2, 0.25) is 10.0 Å². The first-order valence-corrected chi connectivity index (χ1v) is 8.42. The van der Waals surface area contributed by atoms with Crippen molar-refractivity contribution < 1.29 is 18.3 Å². The molecule has 0 unspecified atom stereocenters. The van der Waals surface area contributed by atoms with Gasteiger partial charge in [-0.3, -0.25) is 0 Å². The van der Waals surface area contributed by atoms with E-state index in [0.29, 0.717) is 16.5 Å². The molecule has 0 fully saturated rings. The van der Waals surface area contributed by atoms with Gasteiger partial charge in [-0.15, -0.1) is 6.58 Å². The Bertz CT molecular complexity index is 613. The van der Waals surface area contributed by atoms with Crippen LogP contribution in [0.1, 0.15) is 23.2 Å². The molecule has 110 valence electrons. The fraction of sp³-hybridized carbons (Fsp3) is 0.308. The summed E-state index contributed by atoms with van der Waals surface area (Å²) in [6.45, 7) is 3.95. The van der Waals surface area contributed by atoms with Crippen molar-refractivity contribution >= 4 is 38.6 Å². The summed E-state index contributed by atoms with van der Waals surface area (Å²) in [6, 6.07) is 4.12. The van der Waals surface area contributed by atoms with Gasteiger partial charge in [0.15, 0.2) is 0 Å². The van der Waals surface area contributed by atoms with Crippen molar-refractivity contribution in [1.82, 2.24) is 4.31 Å². The average molecular weight is 409 g/mol. The van der Waals surface area contributed by atoms with Crippen LogP contribution >= 0.6 is 22.6 Å². The summed E-state index contributed by atoms with van der Waals surface area (Å²) >= 11 is 1.87. The molecule has 5 nitrogen and oxygen atoms in total. The largest absolute Gasteiger partial charge is 0.478 e. The van der Waals surface area contributed by atoms with Gasteiger partial charge in [-0.05, 0) is 53.6 Å². The van der Waals surface area contributed by atoms with E-state index in [1.807, 2.05) is 22.6 Å². The van der Waals surface area contributed by atoms with E-state index in [4.69, 9.17) is 5.11 Å². The number of allylic oxidation sites excluding steroid dienone is 1. The Morgan fingerprint density at radius 1 is 1.50 bits per heavy atom. The van der Waals surface area contributed by atoms with Gasteiger partial charge < -0.3 is 5.11 Å². The number of unbranched alkanes of at least 4 members (excludes halogenated alkanes) is 1. The summed E-state index contributed by atoms with van der Waals surface area (Å²) in [5, 5.41) is 9.04. The highest BCUT2D eigenvalue weighted by Crippen LogP contribution is 2.20. The van der Waals surface area contributed by atoms with Crippen molar-refractivity contribution in [2.24, 2.45) is 0 Å². The van der Waals surface area contributed by atoms with Crippen molar-refractivity contribution in [2.45, 2.75) is 17.7 Å². The molecule has 0 aliphatic rings. The van der Waals surface area contributed by atoms with Gasteiger partial charge in [-0.25, -0.2) is 17.5 Å². The third-order valence-electron chi connectivity index (χ3n) is 2.76. The summed E-state index contributed by atoms with van der Waals surface area (Å²) < 4.78 is 26.4. The highest BCUT2D eigenvalue weighted by Gasteiger charge is 2.22. The van der Waals surface area contributed by atoms with E-state index in [2.05, 4.69) is 6.58 Å². The van der Waals surface area contributed by atoms with Crippen LogP contribution < -0.4 is 0 Å². The van der Waals surface area contributed by atoms with Crippen molar-refractivity contribution in [3.05, 3.63) is 40.0 Å². The molecule has 0 saturated heterocycles. The van der Waals surface area contributed by atoms with Gasteiger partial charge in [-0.1, -0.05) is 6.08 Å². The van der Waals surface area contributed by atoms with Crippen LogP contribution in [0.15, 0.2) is 35.7 Å². The predicted octanol–water partition coefficient (Wildman–Crippen LogP) is 2.58. The summed E-state index contributed by atoms with van der Waals surface area (Å²) in [6.07, 6.45) is 3.14. The first-order chi connectivity index (χ1) is 9.30. The van der Waals surface area contributed by atoms with Crippen LogP contribution in [-0.2, 0) is 10.0 Å². The minimum absolute atomic E-state index is 0.00332. The maximum atomic E-state index is 12.3. The number of halogens is 1. The monoisotopic (exact) mass is 409 g/mol. The molecular weight excluding hydrogens is 393 g/mol. The van der Waals surface area contributed by atoms with Gasteiger partial charge >= 0.3 is 5.97 Å². The lowest BCUT2D eigenvalue weighted by Gasteiger charge is -2.17. The number of benzene rings is 1. The maximum Gasteiger partial charge on any atom is 0.336 e. The molecule has 0 aliphatic carbocycles. The number of hydrogen-bond donors (Lipinski definition) is 1. The van der Waals surface area contributed by atoms with Gasteiger partial charge in [-0.2, -0.15) is 0 Å². The van der Waals surface area contributed by atoms with Crippen LogP contribution in [0.5, 0.6) is 0 Å². The quantitative estimate of drug-likeness (QED) is 0.427. The number of nitrogens with zero attached hydrogens (tertiary/aromatic N) is 1. The fourth-order valence-electron chi connectivity index (χ4n) is 1.59. The van der Waals surface area contributed by atoms with E-state index in [-0.39, 0.29) is 10.5 Å². The Kier molecular flexibility index (Phi) is 6.15. The van der Waals surface area contributed by atoms with Crippen LogP contribution in [0.2, 0.25) is 0 Å². The van der Waals surface area contributed by atoms with E-state index >= 15 is 0 Å². The second-order valence-electron chi connectivity index (χ2n) is 4.20. The van der Waals surface area contributed by atoms with Crippen molar-refractivity contribution in [2.75, 3.05) is 13.6 Å². The Balaban J connectivity index is 3.06. The van der Waals surface area contributed by atoms with Crippen molar-refractivity contribution in [3.63, 3.8) is 0 Å². The molecule has 1 aromatic carbocycles. The number of carboxylic acids is 1.